The van der Waals surface area contributed by atoms with Crippen LogP contribution in [0.3, 0.4) is 0 Å². The van der Waals surface area contributed by atoms with Gasteiger partial charge in [-0.05, 0) is 69.4 Å². The molecule has 0 spiro atoms. The van der Waals surface area contributed by atoms with E-state index in [1.807, 2.05) is 30.3 Å². The van der Waals surface area contributed by atoms with Crippen molar-refractivity contribution in [3.63, 3.8) is 0 Å². The standard InChI is InChI=1S/C44H28N2O/c1-2-10-32(11-3-1)44-45-40(31-20-17-30(18-21-31)35-22-19-29-9-4-5-12-33(29)25-35)28-41(46-44)37-14-8-13-34(26-37)36-23-24-43-39(27-36)38-15-6-7-16-42(38)47-43/h1-28H. The maximum Gasteiger partial charge on any atom is 0.160 e. The van der Waals surface area contributed by atoms with Gasteiger partial charge in [-0.2, -0.15) is 0 Å². The number of rotatable bonds is 5. The summed E-state index contributed by atoms with van der Waals surface area (Å²) >= 11 is 0. The van der Waals surface area contributed by atoms with Gasteiger partial charge < -0.3 is 4.42 Å². The van der Waals surface area contributed by atoms with Crippen molar-refractivity contribution in [1.29, 1.82) is 0 Å². The number of para-hydroxylation sites is 1. The molecule has 0 radical (unpaired) electrons. The van der Waals surface area contributed by atoms with Crippen LogP contribution >= 0.6 is 0 Å². The summed E-state index contributed by atoms with van der Waals surface area (Å²) in [4.78, 5) is 10.1. The fourth-order valence-electron chi connectivity index (χ4n) is 6.43. The molecule has 2 heterocycles. The van der Waals surface area contributed by atoms with Gasteiger partial charge in [0.05, 0.1) is 11.4 Å². The molecular weight excluding hydrogens is 572 g/mol. The molecule has 3 nitrogen and oxygen atoms in total. The van der Waals surface area contributed by atoms with Gasteiger partial charge in [0.2, 0.25) is 0 Å². The van der Waals surface area contributed by atoms with E-state index in [-0.39, 0.29) is 0 Å². The van der Waals surface area contributed by atoms with Crippen LogP contribution in [0.4, 0.5) is 0 Å². The van der Waals surface area contributed by atoms with Crippen LogP contribution in [0.1, 0.15) is 0 Å². The molecule has 0 amide bonds. The normalized spacial score (nSPS) is 11.4. The minimum Gasteiger partial charge on any atom is -0.456 e. The third-order valence-corrected chi connectivity index (χ3v) is 8.89. The van der Waals surface area contributed by atoms with Crippen molar-refractivity contribution in [3.05, 3.63) is 170 Å². The summed E-state index contributed by atoms with van der Waals surface area (Å²) in [6.07, 6.45) is 0. The first-order valence-electron chi connectivity index (χ1n) is 15.8. The van der Waals surface area contributed by atoms with Crippen molar-refractivity contribution >= 4 is 32.7 Å². The van der Waals surface area contributed by atoms with E-state index in [0.29, 0.717) is 5.82 Å². The summed E-state index contributed by atoms with van der Waals surface area (Å²) in [5.74, 6) is 0.702. The Labute approximate surface area is 272 Å². The zero-order valence-corrected chi connectivity index (χ0v) is 25.5. The fraction of sp³-hybridized carbons (Fsp3) is 0. The zero-order valence-electron chi connectivity index (χ0n) is 25.5. The number of furan rings is 1. The lowest BCUT2D eigenvalue weighted by Gasteiger charge is -2.11. The van der Waals surface area contributed by atoms with Crippen LogP contribution in [0.2, 0.25) is 0 Å². The molecule has 220 valence electrons. The van der Waals surface area contributed by atoms with E-state index in [1.54, 1.807) is 0 Å². The predicted molar refractivity (Wildman–Crippen MR) is 194 cm³/mol. The third-order valence-electron chi connectivity index (χ3n) is 8.89. The van der Waals surface area contributed by atoms with Gasteiger partial charge in [-0.15, -0.1) is 0 Å². The van der Waals surface area contributed by atoms with Gasteiger partial charge in [-0.1, -0.05) is 133 Å². The number of hydrogen-bond acceptors (Lipinski definition) is 3. The van der Waals surface area contributed by atoms with Gasteiger partial charge in [-0.25, -0.2) is 9.97 Å². The molecule has 9 aromatic rings. The van der Waals surface area contributed by atoms with Crippen LogP contribution in [0, 0.1) is 0 Å². The number of hydrogen-bond donors (Lipinski definition) is 0. The second kappa shape index (κ2) is 11.2. The van der Waals surface area contributed by atoms with Crippen molar-refractivity contribution in [2.75, 3.05) is 0 Å². The van der Waals surface area contributed by atoms with Crippen LogP contribution in [0.25, 0.3) is 88.9 Å². The number of nitrogens with zero attached hydrogens (tertiary/aromatic N) is 2. The molecule has 2 aromatic heterocycles. The van der Waals surface area contributed by atoms with Crippen LogP contribution in [0.15, 0.2) is 174 Å². The first kappa shape index (κ1) is 27.0. The molecule has 0 unspecified atom stereocenters. The molecular formula is C44H28N2O. The molecule has 0 fully saturated rings. The smallest absolute Gasteiger partial charge is 0.160 e. The Morgan fingerprint density at radius 2 is 0.915 bits per heavy atom. The minimum absolute atomic E-state index is 0.702. The molecule has 0 saturated carbocycles. The molecule has 0 bridgehead atoms. The average Bonchev–Trinajstić information content (AvgIpc) is 3.53. The van der Waals surface area contributed by atoms with Gasteiger partial charge in [-0.3, -0.25) is 0 Å². The number of benzene rings is 7. The maximum absolute atomic E-state index is 6.08. The molecule has 0 aliphatic carbocycles. The van der Waals surface area contributed by atoms with E-state index in [2.05, 4.69) is 140 Å². The zero-order chi connectivity index (χ0) is 31.2. The summed E-state index contributed by atoms with van der Waals surface area (Å²) in [6, 6.07) is 59.3. The third kappa shape index (κ3) is 5.04. The van der Waals surface area contributed by atoms with E-state index in [4.69, 9.17) is 14.4 Å². The summed E-state index contributed by atoms with van der Waals surface area (Å²) < 4.78 is 6.08. The van der Waals surface area contributed by atoms with Crippen molar-refractivity contribution in [2.24, 2.45) is 0 Å². The molecule has 0 aliphatic rings. The predicted octanol–water partition coefficient (Wildman–Crippen LogP) is 11.9. The van der Waals surface area contributed by atoms with E-state index >= 15 is 0 Å². The van der Waals surface area contributed by atoms with E-state index in [0.717, 1.165) is 61.1 Å². The molecule has 3 heteroatoms. The monoisotopic (exact) mass is 600 g/mol. The largest absolute Gasteiger partial charge is 0.456 e. The Kier molecular flexibility index (Phi) is 6.46. The molecule has 9 rings (SSSR count). The molecule has 47 heavy (non-hydrogen) atoms. The highest BCUT2D eigenvalue weighted by Crippen LogP contribution is 2.35. The Morgan fingerprint density at radius 3 is 1.79 bits per heavy atom. The van der Waals surface area contributed by atoms with E-state index in [1.165, 1.54) is 21.9 Å². The van der Waals surface area contributed by atoms with Crippen LogP contribution in [0.5, 0.6) is 0 Å². The van der Waals surface area contributed by atoms with Crippen molar-refractivity contribution in [2.45, 2.75) is 0 Å². The van der Waals surface area contributed by atoms with Crippen molar-refractivity contribution in [1.82, 2.24) is 9.97 Å². The summed E-state index contributed by atoms with van der Waals surface area (Å²) in [5, 5.41) is 4.73. The SMILES string of the molecule is c1ccc(-c2nc(-c3ccc(-c4ccc5ccccc5c4)cc3)cc(-c3cccc(-c4ccc5oc6ccccc6c5c4)c3)n2)cc1. The highest BCUT2D eigenvalue weighted by atomic mass is 16.3. The van der Waals surface area contributed by atoms with Crippen LogP contribution < -0.4 is 0 Å². The molecule has 7 aromatic carbocycles. The second-order valence-electron chi connectivity index (χ2n) is 11.9. The van der Waals surface area contributed by atoms with Gasteiger partial charge in [0, 0.05) is 27.5 Å². The second-order valence-corrected chi connectivity index (χ2v) is 11.9. The average molecular weight is 601 g/mol. The molecule has 0 saturated heterocycles. The van der Waals surface area contributed by atoms with Gasteiger partial charge >= 0.3 is 0 Å². The first-order valence-corrected chi connectivity index (χ1v) is 15.8. The van der Waals surface area contributed by atoms with E-state index < -0.39 is 0 Å². The number of fused-ring (bicyclic) bond motifs is 4. The van der Waals surface area contributed by atoms with E-state index in [9.17, 15) is 0 Å². The van der Waals surface area contributed by atoms with Crippen molar-refractivity contribution < 1.29 is 4.42 Å². The summed E-state index contributed by atoms with van der Waals surface area (Å²) in [6.45, 7) is 0. The lowest BCUT2D eigenvalue weighted by Crippen LogP contribution is -1.96. The Hall–Kier alpha value is -6.32. The quantitative estimate of drug-likeness (QED) is 0.197. The Morgan fingerprint density at radius 1 is 0.319 bits per heavy atom. The molecule has 0 aliphatic heterocycles. The highest BCUT2D eigenvalue weighted by Gasteiger charge is 2.13. The van der Waals surface area contributed by atoms with Crippen LogP contribution in [-0.4, -0.2) is 9.97 Å². The number of aromatic nitrogens is 2. The Balaban J connectivity index is 1.12. The minimum atomic E-state index is 0.702. The van der Waals surface area contributed by atoms with Gasteiger partial charge in [0.15, 0.2) is 5.82 Å². The van der Waals surface area contributed by atoms with Gasteiger partial charge in [0.25, 0.3) is 0 Å². The molecule has 0 N–H and O–H groups in total. The first-order chi connectivity index (χ1) is 23.2. The lowest BCUT2D eigenvalue weighted by molar-refractivity contribution is 0.669. The fourth-order valence-corrected chi connectivity index (χ4v) is 6.43. The Bertz CT molecular complexity index is 2560. The van der Waals surface area contributed by atoms with Crippen molar-refractivity contribution in [3.8, 4) is 56.2 Å². The summed E-state index contributed by atoms with van der Waals surface area (Å²) in [7, 11) is 0. The topological polar surface area (TPSA) is 38.9 Å². The highest BCUT2D eigenvalue weighted by molar-refractivity contribution is 6.06. The molecule has 0 atom stereocenters. The van der Waals surface area contributed by atoms with Crippen LogP contribution in [-0.2, 0) is 0 Å². The summed E-state index contributed by atoms with van der Waals surface area (Å²) in [5.41, 5.74) is 11.2. The maximum atomic E-state index is 6.08. The lowest BCUT2D eigenvalue weighted by atomic mass is 9.98. The van der Waals surface area contributed by atoms with Gasteiger partial charge in [0.1, 0.15) is 11.2 Å².